The summed E-state index contributed by atoms with van der Waals surface area (Å²) in [6, 6.07) is 45.6. The Morgan fingerprint density at radius 1 is 0.579 bits per heavy atom. The summed E-state index contributed by atoms with van der Waals surface area (Å²) < 4.78 is 20.6. The first kappa shape index (κ1) is 23.5. The van der Waals surface area contributed by atoms with E-state index in [9.17, 15) is 4.39 Å². The molecule has 0 saturated carbocycles. The molecule has 1 N–H and O–H groups in total. The van der Waals surface area contributed by atoms with Crippen LogP contribution in [0.25, 0.3) is 28.1 Å². The molecule has 0 spiro atoms. The second-order valence-electron chi connectivity index (χ2n) is 9.17. The van der Waals surface area contributed by atoms with Gasteiger partial charge in [0, 0.05) is 33.2 Å². The van der Waals surface area contributed by atoms with Crippen LogP contribution in [-0.4, -0.2) is 4.98 Å². The lowest BCUT2D eigenvalue weighted by Crippen LogP contribution is -2.31. The number of ether oxygens (including phenoxy) is 1. The van der Waals surface area contributed by atoms with Crippen molar-refractivity contribution >= 4 is 17.0 Å². The van der Waals surface area contributed by atoms with Gasteiger partial charge in [-0.1, -0.05) is 121 Å². The summed E-state index contributed by atoms with van der Waals surface area (Å²) >= 11 is 0. The van der Waals surface area contributed by atoms with Gasteiger partial charge in [-0.3, -0.25) is 0 Å². The zero-order valence-corrected chi connectivity index (χ0v) is 20.7. The van der Waals surface area contributed by atoms with Gasteiger partial charge in [0.1, 0.15) is 5.82 Å². The largest absolute Gasteiger partial charge is 0.481 e. The standard InChI is InChI=1S/C35H26FNO/c36-30-22-20-26(21-23-30)34-31-18-10-11-19-32(31)37-33(34)24-25-38-35(27-12-4-1-5-13-27,28-14-6-2-7-15-28)29-16-8-3-9-17-29/h1-25,37H/b25-24+. The Hall–Kier alpha value is -4.89. The van der Waals surface area contributed by atoms with Gasteiger partial charge in [0.05, 0.1) is 12.0 Å². The Morgan fingerprint density at radius 3 is 1.63 bits per heavy atom. The Morgan fingerprint density at radius 2 is 1.08 bits per heavy atom. The van der Waals surface area contributed by atoms with E-state index in [4.69, 9.17) is 4.74 Å². The molecule has 0 aliphatic carbocycles. The first-order valence-electron chi connectivity index (χ1n) is 12.6. The topological polar surface area (TPSA) is 25.0 Å². The molecule has 3 heteroatoms. The summed E-state index contributed by atoms with van der Waals surface area (Å²) in [5.41, 5.74) is 6.05. The number of benzene rings is 5. The average molecular weight is 496 g/mol. The van der Waals surface area contributed by atoms with Crippen molar-refractivity contribution in [3.8, 4) is 11.1 Å². The fourth-order valence-electron chi connectivity index (χ4n) is 5.14. The van der Waals surface area contributed by atoms with E-state index in [2.05, 4.69) is 47.4 Å². The molecule has 0 aliphatic rings. The van der Waals surface area contributed by atoms with Gasteiger partial charge in [-0.2, -0.15) is 0 Å². The molecule has 2 nitrogen and oxygen atoms in total. The zero-order chi connectivity index (χ0) is 25.8. The van der Waals surface area contributed by atoms with E-state index in [1.807, 2.05) is 91.0 Å². The van der Waals surface area contributed by atoms with Crippen molar-refractivity contribution < 1.29 is 9.13 Å². The van der Waals surface area contributed by atoms with E-state index >= 15 is 0 Å². The van der Waals surface area contributed by atoms with Crippen LogP contribution in [0.15, 0.2) is 146 Å². The third kappa shape index (κ3) is 4.29. The van der Waals surface area contributed by atoms with Crippen LogP contribution in [0.4, 0.5) is 4.39 Å². The van der Waals surface area contributed by atoms with Crippen LogP contribution in [0, 0.1) is 5.82 Å². The van der Waals surface area contributed by atoms with Crippen LogP contribution in [0.1, 0.15) is 22.4 Å². The normalized spacial score (nSPS) is 11.7. The number of H-pyrrole nitrogens is 1. The molecule has 0 amide bonds. The van der Waals surface area contributed by atoms with Crippen molar-refractivity contribution in [3.05, 3.63) is 174 Å². The van der Waals surface area contributed by atoms with Gasteiger partial charge in [0.15, 0.2) is 5.60 Å². The zero-order valence-electron chi connectivity index (χ0n) is 20.7. The molecule has 1 aromatic heterocycles. The van der Waals surface area contributed by atoms with Gasteiger partial charge >= 0.3 is 0 Å². The van der Waals surface area contributed by atoms with Gasteiger partial charge < -0.3 is 9.72 Å². The Kier molecular flexibility index (Phi) is 6.33. The highest BCUT2D eigenvalue weighted by atomic mass is 19.1. The second-order valence-corrected chi connectivity index (χ2v) is 9.17. The van der Waals surface area contributed by atoms with Crippen LogP contribution >= 0.6 is 0 Å². The SMILES string of the molecule is Fc1ccc(-c2c(/C=C/OC(c3ccccc3)(c3ccccc3)c3ccccc3)[nH]c3ccccc23)cc1. The van der Waals surface area contributed by atoms with Crippen molar-refractivity contribution in [1.82, 2.24) is 4.98 Å². The summed E-state index contributed by atoms with van der Waals surface area (Å²) in [4.78, 5) is 3.52. The Balaban J connectivity index is 1.50. The molecule has 6 aromatic rings. The molecule has 0 fully saturated rings. The van der Waals surface area contributed by atoms with Crippen molar-refractivity contribution in [2.75, 3.05) is 0 Å². The minimum Gasteiger partial charge on any atom is -0.481 e. The molecule has 5 aromatic carbocycles. The van der Waals surface area contributed by atoms with Gasteiger partial charge in [0.25, 0.3) is 0 Å². The fourth-order valence-corrected chi connectivity index (χ4v) is 5.14. The minimum absolute atomic E-state index is 0.257. The van der Waals surface area contributed by atoms with Gasteiger partial charge in [-0.25, -0.2) is 4.39 Å². The summed E-state index contributed by atoms with van der Waals surface area (Å²) in [5, 5.41) is 1.07. The van der Waals surface area contributed by atoms with E-state index in [0.717, 1.165) is 44.4 Å². The predicted octanol–water partition coefficient (Wildman–Crippen LogP) is 8.95. The van der Waals surface area contributed by atoms with Crippen LogP contribution in [0.2, 0.25) is 0 Å². The first-order chi connectivity index (χ1) is 18.8. The average Bonchev–Trinajstić information content (AvgIpc) is 3.35. The number of hydrogen-bond acceptors (Lipinski definition) is 1. The van der Waals surface area contributed by atoms with E-state index in [1.54, 1.807) is 6.26 Å². The second kappa shape index (κ2) is 10.2. The smallest absolute Gasteiger partial charge is 0.183 e. The fraction of sp³-hybridized carbons (Fsp3) is 0.0286. The molecule has 0 saturated heterocycles. The highest BCUT2D eigenvalue weighted by Gasteiger charge is 2.37. The van der Waals surface area contributed by atoms with Crippen molar-refractivity contribution in [1.29, 1.82) is 0 Å². The molecular formula is C35H26FNO. The highest BCUT2D eigenvalue weighted by Crippen LogP contribution is 2.41. The lowest BCUT2D eigenvalue weighted by atomic mass is 9.80. The molecule has 0 bridgehead atoms. The lowest BCUT2D eigenvalue weighted by Gasteiger charge is -2.35. The predicted molar refractivity (Wildman–Crippen MR) is 153 cm³/mol. The van der Waals surface area contributed by atoms with Crippen molar-refractivity contribution in [2.45, 2.75) is 5.60 Å². The maximum Gasteiger partial charge on any atom is 0.183 e. The summed E-state index contributed by atoms with van der Waals surface area (Å²) in [7, 11) is 0. The molecule has 38 heavy (non-hydrogen) atoms. The van der Waals surface area contributed by atoms with Gasteiger partial charge in [0.2, 0.25) is 0 Å². The molecule has 0 radical (unpaired) electrons. The van der Waals surface area contributed by atoms with Crippen molar-refractivity contribution in [3.63, 3.8) is 0 Å². The molecule has 1 heterocycles. The quantitative estimate of drug-likeness (QED) is 0.174. The third-order valence-electron chi connectivity index (χ3n) is 6.89. The Bertz CT molecular complexity index is 1570. The summed E-state index contributed by atoms with van der Waals surface area (Å²) in [6.07, 6.45) is 3.73. The Labute approximate surface area is 221 Å². The van der Waals surface area contributed by atoms with E-state index in [1.165, 1.54) is 12.1 Å². The number of fused-ring (bicyclic) bond motifs is 1. The first-order valence-corrected chi connectivity index (χ1v) is 12.6. The van der Waals surface area contributed by atoms with Crippen LogP contribution in [0.3, 0.4) is 0 Å². The van der Waals surface area contributed by atoms with E-state index in [0.29, 0.717) is 0 Å². The molecule has 0 aliphatic heterocycles. The lowest BCUT2D eigenvalue weighted by molar-refractivity contribution is 0.0996. The summed E-state index contributed by atoms with van der Waals surface area (Å²) in [5.74, 6) is -0.257. The third-order valence-corrected chi connectivity index (χ3v) is 6.89. The minimum atomic E-state index is -0.859. The van der Waals surface area contributed by atoms with Crippen LogP contribution in [-0.2, 0) is 10.3 Å². The molecule has 0 unspecified atom stereocenters. The maximum absolute atomic E-state index is 13.7. The number of aromatic amines is 1. The number of nitrogens with one attached hydrogen (secondary N) is 1. The van der Waals surface area contributed by atoms with Gasteiger partial charge in [-0.15, -0.1) is 0 Å². The number of halogens is 1. The number of hydrogen-bond donors (Lipinski definition) is 1. The molecule has 6 rings (SSSR count). The molecule has 184 valence electrons. The van der Waals surface area contributed by atoms with Crippen LogP contribution < -0.4 is 0 Å². The van der Waals surface area contributed by atoms with E-state index < -0.39 is 5.60 Å². The summed E-state index contributed by atoms with van der Waals surface area (Å²) in [6.45, 7) is 0. The van der Waals surface area contributed by atoms with Crippen LogP contribution in [0.5, 0.6) is 0 Å². The number of para-hydroxylation sites is 1. The highest BCUT2D eigenvalue weighted by molar-refractivity contribution is 6.00. The monoisotopic (exact) mass is 495 g/mol. The van der Waals surface area contributed by atoms with Gasteiger partial charge in [-0.05, 0) is 29.8 Å². The molecular weight excluding hydrogens is 469 g/mol. The number of rotatable bonds is 7. The van der Waals surface area contributed by atoms with E-state index in [-0.39, 0.29) is 5.82 Å². The maximum atomic E-state index is 13.7. The molecule has 0 atom stereocenters. The van der Waals surface area contributed by atoms with Crippen molar-refractivity contribution in [2.24, 2.45) is 0 Å². The number of aromatic nitrogens is 1.